The maximum Gasteiger partial charge on any atom is 0.225 e. The van der Waals surface area contributed by atoms with E-state index in [1.54, 1.807) is 27.3 Å². The number of ether oxygens (including phenoxy) is 2. The van der Waals surface area contributed by atoms with Gasteiger partial charge in [0.05, 0.1) is 19.6 Å². The SMILES string of the molecule is CNc1nc(Cl)nc2c(OC)cc(OC)cc12. The number of methoxy groups -OCH3 is 2. The summed E-state index contributed by atoms with van der Waals surface area (Å²) in [5, 5.41) is 3.94. The van der Waals surface area contributed by atoms with Crippen LogP contribution in [0, 0.1) is 0 Å². The Morgan fingerprint density at radius 2 is 1.94 bits per heavy atom. The molecule has 0 aliphatic heterocycles. The summed E-state index contributed by atoms with van der Waals surface area (Å²) in [5.74, 6) is 1.91. The van der Waals surface area contributed by atoms with Crippen molar-refractivity contribution in [3.8, 4) is 11.5 Å². The molecule has 0 amide bonds. The third-order valence-electron chi connectivity index (χ3n) is 2.40. The zero-order valence-corrected chi connectivity index (χ0v) is 10.5. The molecule has 2 aromatic rings. The van der Waals surface area contributed by atoms with Crippen LogP contribution >= 0.6 is 11.6 Å². The van der Waals surface area contributed by atoms with Gasteiger partial charge in [-0.15, -0.1) is 0 Å². The number of hydrogen-bond donors (Lipinski definition) is 1. The third kappa shape index (κ3) is 2.06. The van der Waals surface area contributed by atoms with Crippen molar-refractivity contribution in [1.82, 2.24) is 9.97 Å². The molecular weight excluding hydrogens is 242 g/mol. The van der Waals surface area contributed by atoms with Crippen LogP contribution in [0.2, 0.25) is 5.28 Å². The molecule has 6 heteroatoms. The number of nitrogens with zero attached hydrogens (tertiary/aromatic N) is 2. The Morgan fingerprint density at radius 1 is 1.18 bits per heavy atom. The monoisotopic (exact) mass is 253 g/mol. The second-order valence-electron chi connectivity index (χ2n) is 3.32. The highest BCUT2D eigenvalue weighted by atomic mass is 35.5. The molecule has 2 rings (SSSR count). The lowest BCUT2D eigenvalue weighted by atomic mass is 10.2. The number of halogens is 1. The van der Waals surface area contributed by atoms with Gasteiger partial charge in [-0.1, -0.05) is 0 Å². The van der Waals surface area contributed by atoms with Gasteiger partial charge in [-0.25, -0.2) is 9.97 Å². The van der Waals surface area contributed by atoms with E-state index < -0.39 is 0 Å². The molecule has 0 spiro atoms. The first kappa shape index (κ1) is 11.7. The fraction of sp³-hybridized carbons (Fsp3) is 0.273. The van der Waals surface area contributed by atoms with Gasteiger partial charge in [0.2, 0.25) is 5.28 Å². The molecule has 0 saturated carbocycles. The lowest BCUT2D eigenvalue weighted by molar-refractivity contribution is 0.397. The maximum atomic E-state index is 5.86. The molecule has 0 aliphatic rings. The highest BCUT2D eigenvalue weighted by Crippen LogP contribution is 2.33. The van der Waals surface area contributed by atoms with Gasteiger partial charge in [0.1, 0.15) is 22.8 Å². The molecule has 0 saturated heterocycles. The average Bonchev–Trinajstić information content (AvgIpc) is 2.36. The largest absolute Gasteiger partial charge is 0.497 e. The van der Waals surface area contributed by atoms with Crippen molar-refractivity contribution in [3.05, 3.63) is 17.4 Å². The first-order chi connectivity index (χ1) is 8.19. The normalized spacial score (nSPS) is 10.4. The van der Waals surface area contributed by atoms with Gasteiger partial charge < -0.3 is 14.8 Å². The van der Waals surface area contributed by atoms with Crippen LogP contribution in [0.3, 0.4) is 0 Å². The van der Waals surface area contributed by atoms with E-state index in [2.05, 4.69) is 15.3 Å². The number of fused-ring (bicyclic) bond motifs is 1. The molecule has 0 aliphatic carbocycles. The molecule has 1 heterocycles. The van der Waals surface area contributed by atoms with Crippen LogP contribution in [-0.4, -0.2) is 31.2 Å². The van der Waals surface area contributed by atoms with E-state index in [9.17, 15) is 0 Å². The molecule has 0 fully saturated rings. The summed E-state index contributed by atoms with van der Waals surface area (Å²) in [6, 6.07) is 3.59. The minimum Gasteiger partial charge on any atom is -0.497 e. The highest BCUT2D eigenvalue weighted by Gasteiger charge is 2.12. The lowest BCUT2D eigenvalue weighted by Crippen LogP contribution is -1.98. The van der Waals surface area contributed by atoms with Gasteiger partial charge in [-0.3, -0.25) is 0 Å². The van der Waals surface area contributed by atoms with Crippen LogP contribution in [0.1, 0.15) is 0 Å². The number of aromatic nitrogens is 2. The smallest absolute Gasteiger partial charge is 0.225 e. The van der Waals surface area contributed by atoms with Crippen LogP contribution in [0.15, 0.2) is 12.1 Å². The lowest BCUT2D eigenvalue weighted by Gasteiger charge is -2.10. The first-order valence-electron chi connectivity index (χ1n) is 4.96. The minimum absolute atomic E-state index is 0.172. The van der Waals surface area contributed by atoms with Gasteiger partial charge in [-0.2, -0.15) is 0 Å². The maximum absolute atomic E-state index is 5.86. The van der Waals surface area contributed by atoms with E-state index in [0.717, 1.165) is 5.39 Å². The summed E-state index contributed by atoms with van der Waals surface area (Å²) >= 11 is 5.86. The standard InChI is InChI=1S/C11H12ClN3O2/c1-13-10-7-4-6(16-2)5-8(17-3)9(7)14-11(12)15-10/h4-5H,1-3H3,(H,13,14,15). The van der Waals surface area contributed by atoms with Gasteiger partial charge in [0.25, 0.3) is 0 Å². The van der Waals surface area contributed by atoms with Crippen molar-refractivity contribution in [2.45, 2.75) is 0 Å². The van der Waals surface area contributed by atoms with Crippen LogP contribution < -0.4 is 14.8 Å². The van der Waals surface area contributed by atoms with E-state index in [4.69, 9.17) is 21.1 Å². The van der Waals surface area contributed by atoms with Crippen molar-refractivity contribution in [1.29, 1.82) is 0 Å². The van der Waals surface area contributed by atoms with Gasteiger partial charge in [0.15, 0.2) is 0 Å². The van der Waals surface area contributed by atoms with E-state index in [-0.39, 0.29) is 5.28 Å². The predicted octanol–water partition coefficient (Wildman–Crippen LogP) is 2.34. The first-order valence-corrected chi connectivity index (χ1v) is 5.34. The molecule has 0 atom stereocenters. The zero-order valence-electron chi connectivity index (χ0n) is 9.74. The zero-order chi connectivity index (χ0) is 12.4. The van der Waals surface area contributed by atoms with Crippen molar-refractivity contribution in [2.24, 2.45) is 0 Å². The van der Waals surface area contributed by atoms with Crippen molar-refractivity contribution in [3.63, 3.8) is 0 Å². The molecule has 0 bridgehead atoms. The highest BCUT2D eigenvalue weighted by molar-refractivity contribution is 6.29. The summed E-state index contributed by atoms with van der Waals surface area (Å²) in [4.78, 5) is 8.27. The van der Waals surface area contributed by atoms with Gasteiger partial charge in [-0.05, 0) is 17.7 Å². The van der Waals surface area contributed by atoms with Crippen molar-refractivity contribution >= 4 is 28.3 Å². The number of rotatable bonds is 3. The molecule has 0 unspecified atom stereocenters. The molecule has 0 radical (unpaired) electrons. The number of nitrogens with one attached hydrogen (secondary N) is 1. The summed E-state index contributed by atoms with van der Waals surface area (Å²) in [5.41, 5.74) is 0.651. The molecule has 90 valence electrons. The Balaban J connectivity index is 2.83. The molecule has 1 aromatic carbocycles. The second kappa shape index (κ2) is 4.63. The molecule has 5 nitrogen and oxygen atoms in total. The Hall–Kier alpha value is -1.75. The quantitative estimate of drug-likeness (QED) is 0.851. The number of hydrogen-bond acceptors (Lipinski definition) is 5. The van der Waals surface area contributed by atoms with Crippen molar-refractivity contribution in [2.75, 3.05) is 26.6 Å². The van der Waals surface area contributed by atoms with Crippen LogP contribution in [-0.2, 0) is 0 Å². The Bertz CT molecular complexity index is 560. The summed E-state index contributed by atoms with van der Waals surface area (Å²) in [6.07, 6.45) is 0. The van der Waals surface area contributed by atoms with E-state index in [1.165, 1.54) is 0 Å². The molecular formula is C11H12ClN3O2. The second-order valence-corrected chi connectivity index (χ2v) is 3.66. The van der Waals surface area contributed by atoms with Gasteiger partial charge in [0, 0.05) is 13.1 Å². The third-order valence-corrected chi connectivity index (χ3v) is 2.57. The molecule has 1 aromatic heterocycles. The summed E-state index contributed by atoms with van der Waals surface area (Å²) in [6.45, 7) is 0. The summed E-state index contributed by atoms with van der Waals surface area (Å²) < 4.78 is 10.5. The molecule has 1 N–H and O–H groups in total. The average molecular weight is 254 g/mol. The van der Waals surface area contributed by atoms with Crippen LogP contribution in [0.5, 0.6) is 11.5 Å². The topological polar surface area (TPSA) is 56.3 Å². The molecule has 17 heavy (non-hydrogen) atoms. The number of benzene rings is 1. The van der Waals surface area contributed by atoms with E-state index in [1.807, 2.05) is 6.07 Å². The fourth-order valence-electron chi connectivity index (χ4n) is 1.61. The Labute approximate surface area is 104 Å². The van der Waals surface area contributed by atoms with Gasteiger partial charge >= 0.3 is 0 Å². The van der Waals surface area contributed by atoms with Crippen LogP contribution in [0.25, 0.3) is 10.9 Å². The Kier molecular flexibility index (Phi) is 3.19. The van der Waals surface area contributed by atoms with Crippen molar-refractivity contribution < 1.29 is 9.47 Å². The minimum atomic E-state index is 0.172. The number of anilines is 1. The predicted molar refractivity (Wildman–Crippen MR) is 67.2 cm³/mol. The van der Waals surface area contributed by atoms with E-state index in [0.29, 0.717) is 22.8 Å². The van der Waals surface area contributed by atoms with E-state index >= 15 is 0 Å². The fourth-order valence-corrected chi connectivity index (χ4v) is 1.78. The Morgan fingerprint density at radius 3 is 2.53 bits per heavy atom. The van der Waals surface area contributed by atoms with Crippen LogP contribution in [0.4, 0.5) is 5.82 Å². The summed E-state index contributed by atoms with van der Waals surface area (Å²) in [7, 11) is 4.93.